The van der Waals surface area contributed by atoms with E-state index >= 15 is 4.39 Å². The van der Waals surface area contributed by atoms with Gasteiger partial charge in [0.05, 0.1) is 18.2 Å². The number of hydrogen-bond donors (Lipinski definition) is 3. The number of H-pyrrole nitrogens is 1. The summed E-state index contributed by atoms with van der Waals surface area (Å²) in [4.78, 5) is 28.8. The van der Waals surface area contributed by atoms with Crippen LogP contribution in [0.3, 0.4) is 0 Å². The lowest BCUT2D eigenvalue weighted by Gasteiger charge is -2.26. The molecule has 8 nitrogen and oxygen atoms in total. The highest BCUT2D eigenvalue weighted by atomic mass is 19.3. The molecule has 164 valence electrons. The molecule has 1 aromatic carbocycles. The summed E-state index contributed by atoms with van der Waals surface area (Å²) in [7, 11) is 1.33. The van der Waals surface area contributed by atoms with Crippen molar-refractivity contribution in [1.29, 1.82) is 0 Å². The van der Waals surface area contributed by atoms with Crippen molar-refractivity contribution in [2.45, 2.75) is 44.2 Å². The van der Waals surface area contributed by atoms with Crippen LogP contribution < -0.4 is 32.4 Å². The van der Waals surface area contributed by atoms with Crippen LogP contribution in [0.2, 0.25) is 0 Å². The Hall–Kier alpha value is -2.69. The van der Waals surface area contributed by atoms with Crippen molar-refractivity contribution in [3.63, 3.8) is 0 Å². The predicted molar refractivity (Wildman–Crippen MR) is 107 cm³/mol. The third-order valence-electron chi connectivity index (χ3n) is 6.00. The zero-order chi connectivity index (χ0) is 21.7. The molecule has 4 rings (SSSR count). The average molecular weight is 427 g/mol. The number of hydrogen-bond acceptors (Lipinski definition) is 6. The number of aromatic amines is 1. The summed E-state index contributed by atoms with van der Waals surface area (Å²) in [5.41, 5.74) is 10.3. The van der Waals surface area contributed by atoms with Crippen LogP contribution in [-0.4, -0.2) is 42.2 Å². The number of nitrogens with two attached hydrogens (primary N) is 2. The minimum absolute atomic E-state index is 0.0219. The number of alkyl halides is 2. The van der Waals surface area contributed by atoms with Crippen LogP contribution in [0.15, 0.2) is 9.59 Å². The quantitative estimate of drug-likeness (QED) is 0.602. The Morgan fingerprint density at radius 1 is 1.27 bits per heavy atom. The molecule has 1 saturated carbocycles. The lowest BCUT2D eigenvalue weighted by molar-refractivity contribution is 0.120. The molecule has 30 heavy (non-hydrogen) atoms. The molecule has 1 aliphatic carbocycles. The van der Waals surface area contributed by atoms with Gasteiger partial charge in [0, 0.05) is 31.6 Å². The molecule has 0 amide bonds. The summed E-state index contributed by atoms with van der Waals surface area (Å²) in [5, 5.41) is -0.134. The van der Waals surface area contributed by atoms with Gasteiger partial charge in [0.1, 0.15) is 11.2 Å². The molecule has 2 atom stereocenters. The van der Waals surface area contributed by atoms with Crippen molar-refractivity contribution in [3.05, 3.63) is 26.7 Å². The SMILES string of the molecule is COc1c(N2CCC(C(N)CC(F)F)C2)c(F)c(N)c2c(=O)[nH]c(=O)n(C3CC3)c12. The molecule has 0 bridgehead atoms. The fourth-order valence-corrected chi connectivity index (χ4v) is 4.37. The van der Waals surface area contributed by atoms with E-state index in [0.717, 1.165) is 12.8 Å². The third kappa shape index (κ3) is 3.30. The van der Waals surface area contributed by atoms with Gasteiger partial charge in [-0.15, -0.1) is 0 Å². The van der Waals surface area contributed by atoms with Gasteiger partial charge >= 0.3 is 5.69 Å². The number of fused-ring (bicyclic) bond motifs is 1. The van der Waals surface area contributed by atoms with Crippen LogP contribution in [0, 0.1) is 11.7 Å². The lowest BCUT2D eigenvalue weighted by atomic mass is 9.97. The van der Waals surface area contributed by atoms with Crippen LogP contribution in [0.5, 0.6) is 5.75 Å². The number of anilines is 2. The van der Waals surface area contributed by atoms with E-state index in [1.54, 1.807) is 4.90 Å². The first-order valence-electron chi connectivity index (χ1n) is 9.86. The Bertz CT molecular complexity index is 1100. The zero-order valence-corrected chi connectivity index (χ0v) is 16.5. The van der Waals surface area contributed by atoms with E-state index < -0.39 is 36.0 Å². The summed E-state index contributed by atoms with van der Waals surface area (Å²) in [6, 6.07) is -0.858. The molecule has 2 fully saturated rings. The van der Waals surface area contributed by atoms with Crippen molar-refractivity contribution in [3.8, 4) is 5.75 Å². The highest BCUT2D eigenvalue weighted by Crippen LogP contribution is 2.46. The minimum atomic E-state index is -2.52. The first kappa shape index (κ1) is 20.6. The first-order chi connectivity index (χ1) is 14.2. The van der Waals surface area contributed by atoms with Crippen molar-refractivity contribution in [2.75, 3.05) is 30.8 Å². The maximum atomic E-state index is 15.4. The maximum Gasteiger partial charge on any atom is 0.329 e. The van der Waals surface area contributed by atoms with Gasteiger partial charge in [0.25, 0.3) is 5.56 Å². The maximum absolute atomic E-state index is 15.4. The van der Waals surface area contributed by atoms with Crippen LogP contribution in [0.4, 0.5) is 24.5 Å². The monoisotopic (exact) mass is 427 g/mol. The Morgan fingerprint density at radius 3 is 2.57 bits per heavy atom. The van der Waals surface area contributed by atoms with E-state index in [4.69, 9.17) is 16.2 Å². The van der Waals surface area contributed by atoms with Gasteiger partial charge in [-0.3, -0.25) is 14.3 Å². The highest BCUT2D eigenvalue weighted by Gasteiger charge is 2.36. The van der Waals surface area contributed by atoms with Gasteiger partial charge in [-0.05, 0) is 25.2 Å². The largest absolute Gasteiger partial charge is 0.492 e. The zero-order valence-electron chi connectivity index (χ0n) is 16.5. The normalized spacial score (nSPS) is 20.3. The molecule has 2 unspecified atom stereocenters. The number of nitrogens with zero attached hydrogens (tertiary/aromatic N) is 2. The van der Waals surface area contributed by atoms with Crippen molar-refractivity contribution < 1.29 is 17.9 Å². The number of benzene rings is 1. The van der Waals surface area contributed by atoms with Gasteiger partial charge in [-0.1, -0.05) is 0 Å². The Balaban J connectivity index is 1.87. The van der Waals surface area contributed by atoms with Gasteiger partial charge in [-0.2, -0.15) is 0 Å². The molecule has 2 aliphatic rings. The number of aromatic nitrogens is 2. The summed E-state index contributed by atoms with van der Waals surface area (Å²) < 4.78 is 47.7. The third-order valence-corrected chi connectivity index (χ3v) is 6.00. The predicted octanol–water partition coefficient (Wildman–Crippen LogP) is 1.56. The number of halogens is 3. The van der Waals surface area contributed by atoms with Crippen LogP contribution in [-0.2, 0) is 0 Å². The molecule has 11 heteroatoms. The smallest absolute Gasteiger partial charge is 0.329 e. The van der Waals surface area contributed by atoms with Gasteiger partial charge < -0.3 is 21.1 Å². The van der Waals surface area contributed by atoms with Gasteiger partial charge in [-0.25, -0.2) is 18.0 Å². The summed E-state index contributed by atoms with van der Waals surface area (Å²) in [5.74, 6) is -1.06. The molecule has 0 spiro atoms. The minimum Gasteiger partial charge on any atom is -0.492 e. The number of nitrogen functional groups attached to an aromatic ring is 1. The molecular formula is C19H24F3N5O3. The highest BCUT2D eigenvalue weighted by molar-refractivity contribution is 5.99. The van der Waals surface area contributed by atoms with E-state index in [9.17, 15) is 18.4 Å². The summed E-state index contributed by atoms with van der Waals surface area (Å²) in [6.07, 6.45) is -0.972. The van der Waals surface area contributed by atoms with E-state index in [1.165, 1.54) is 11.7 Å². The first-order valence-corrected chi connectivity index (χ1v) is 9.86. The van der Waals surface area contributed by atoms with Crippen molar-refractivity contribution in [2.24, 2.45) is 11.7 Å². The Morgan fingerprint density at radius 2 is 1.97 bits per heavy atom. The standard InChI is InChI=1S/C19H24F3N5O3/c1-30-17-15-12(18(28)25-19(29)27(15)9-2-3-9)14(24)13(22)16(17)26-5-4-8(7-26)10(23)6-11(20)21/h8-11H,2-7,23-24H2,1H3,(H,25,28,29). The van der Waals surface area contributed by atoms with E-state index in [2.05, 4.69) is 4.98 Å². The number of ether oxygens (including phenoxy) is 1. The molecule has 0 radical (unpaired) electrons. The molecule has 5 N–H and O–H groups in total. The second-order valence-electron chi connectivity index (χ2n) is 7.98. The number of rotatable bonds is 6. The topological polar surface area (TPSA) is 119 Å². The Labute approximate surface area is 169 Å². The number of methoxy groups -OCH3 is 1. The van der Waals surface area contributed by atoms with Crippen molar-refractivity contribution >= 4 is 22.3 Å². The summed E-state index contributed by atoms with van der Waals surface area (Å²) in [6.45, 7) is 0.597. The molecule has 1 saturated heterocycles. The van der Waals surface area contributed by atoms with E-state index in [1.807, 2.05) is 0 Å². The summed E-state index contributed by atoms with van der Waals surface area (Å²) >= 11 is 0. The van der Waals surface area contributed by atoms with Crippen molar-refractivity contribution in [1.82, 2.24) is 9.55 Å². The lowest BCUT2D eigenvalue weighted by Crippen LogP contribution is -2.35. The molecule has 2 heterocycles. The van der Waals surface area contributed by atoms with Gasteiger partial charge in [0.15, 0.2) is 11.6 Å². The van der Waals surface area contributed by atoms with Crippen LogP contribution >= 0.6 is 0 Å². The van der Waals surface area contributed by atoms with E-state index in [0.29, 0.717) is 13.0 Å². The molecule has 1 aromatic heterocycles. The molecule has 1 aliphatic heterocycles. The molecule has 2 aromatic rings. The average Bonchev–Trinajstić information content (AvgIpc) is 3.38. The van der Waals surface area contributed by atoms with E-state index in [-0.39, 0.29) is 46.5 Å². The van der Waals surface area contributed by atoms with Gasteiger partial charge in [0.2, 0.25) is 6.43 Å². The van der Waals surface area contributed by atoms with Crippen LogP contribution in [0.25, 0.3) is 10.9 Å². The fourth-order valence-electron chi connectivity index (χ4n) is 4.37. The number of nitrogens with one attached hydrogen (secondary N) is 1. The van der Waals surface area contributed by atoms with Crippen LogP contribution in [0.1, 0.15) is 31.7 Å². The second-order valence-corrected chi connectivity index (χ2v) is 7.98. The molecular weight excluding hydrogens is 403 g/mol. The Kier molecular flexibility index (Phi) is 5.16. The fraction of sp³-hybridized carbons (Fsp3) is 0.579. The second kappa shape index (κ2) is 7.53.